The third-order valence-corrected chi connectivity index (χ3v) is 19.3. The minimum absolute atomic E-state index is 0.00356. The summed E-state index contributed by atoms with van der Waals surface area (Å²) in [7, 11) is -16.6. The Morgan fingerprint density at radius 3 is 0.810 bits per heavy atom. The summed E-state index contributed by atoms with van der Waals surface area (Å²) in [5.41, 5.74) is 5.76. The molecule has 0 spiro atoms. The second kappa shape index (κ2) is 26.3. The van der Waals surface area contributed by atoms with Crippen LogP contribution in [0.2, 0.25) is 0 Å². The molecule has 4 N–H and O–H groups in total. The van der Waals surface area contributed by atoms with Crippen molar-refractivity contribution in [1.82, 2.24) is 20.1 Å². The fourth-order valence-corrected chi connectivity index (χ4v) is 13.9. The predicted molar refractivity (Wildman–Crippen MR) is 324 cm³/mol. The molecule has 0 saturated heterocycles. The van der Waals surface area contributed by atoms with E-state index in [1.54, 1.807) is 109 Å². The molecule has 0 heterocycles. The first-order valence-corrected chi connectivity index (χ1v) is 32.5. The second-order valence-corrected chi connectivity index (χ2v) is 26.1. The molecule has 18 heteroatoms. The molecular weight excluding hydrogens is 1140 g/mol. The van der Waals surface area contributed by atoms with E-state index in [0.29, 0.717) is 22.3 Å². The van der Waals surface area contributed by atoms with Crippen molar-refractivity contribution in [2.45, 2.75) is 56.8 Å². The van der Waals surface area contributed by atoms with E-state index in [0.717, 1.165) is 22.3 Å². The standard InChI is InChI=1S/C66H58N4O10S4/c71-81(72,69-65(55-23-11-3-12-24-55)63(53-19-7-1-8-20-53)67-47-49-31-39-61(40-32-49)83(75,76)79-57-27-15-5-16-28-57)59-43-35-51(36-44-59)52-37-45-60(46-38-52)82(73,74)70-66(56-25-13-4-14-26-56)64(54-21-9-2-10-22-54)68-48-50-33-41-62(42-34-50)84(77,78)80-58-29-17-6-18-30-58/h1-46,63-70H,47-48H2/t63-,64-,65-,66-/m1/s1. The van der Waals surface area contributed by atoms with Gasteiger partial charge in [0.25, 0.3) is 0 Å². The highest BCUT2D eigenvalue weighted by Crippen LogP contribution is 2.35. The van der Waals surface area contributed by atoms with Crippen LogP contribution in [0.15, 0.2) is 299 Å². The fraction of sp³-hybridized carbons (Fsp3) is 0.0909. The van der Waals surface area contributed by atoms with Gasteiger partial charge in [0.1, 0.15) is 21.3 Å². The summed E-state index contributed by atoms with van der Waals surface area (Å²) in [4.78, 5) is -0.0271. The van der Waals surface area contributed by atoms with Gasteiger partial charge in [-0.1, -0.05) is 206 Å². The summed E-state index contributed by atoms with van der Waals surface area (Å²) in [6.45, 7) is 0.492. The summed E-state index contributed by atoms with van der Waals surface area (Å²) < 4.78 is 127. The number of para-hydroxylation sites is 2. The molecule has 0 unspecified atom stereocenters. The quantitative estimate of drug-likeness (QED) is 0.0395. The number of benzene rings is 10. The van der Waals surface area contributed by atoms with Gasteiger partial charge in [0, 0.05) is 13.1 Å². The van der Waals surface area contributed by atoms with E-state index < -0.39 is 64.5 Å². The SMILES string of the molecule is O=S(=O)(N[C@H](c1ccccc1)[C@H](NCc1ccc(S(=O)(=O)Oc2ccccc2)cc1)c1ccccc1)c1ccc(-c2ccc(S(=O)(=O)N[C@H](c3ccccc3)[C@H](NCc3ccc(S(=O)(=O)Oc4ccccc4)cc3)c3ccccc3)cc2)cc1. The molecule has 10 aromatic carbocycles. The van der Waals surface area contributed by atoms with Gasteiger partial charge in [0.05, 0.1) is 34.0 Å². The molecule has 10 aromatic rings. The van der Waals surface area contributed by atoms with Crippen LogP contribution in [0.1, 0.15) is 57.5 Å². The van der Waals surface area contributed by atoms with E-state index in [4.69, 9.17) is 8.37 Å². The number of sulfonamides is 2. The average molecular weight is 1200 g/mol. The van der Waals surface area contributed by atoms with E-state index >= 15 is 0 Å². The number of hydrogen-bond donors (Lipinski definition) is 4. The van der Waals surface area contributed by atoms with Gasteiger partial charge in [-0.25, -0.2) is 26.3 Å². The summed E-state index contributed by atoms with van der Waals surface area (Å²) in [5.74, 6) is 0.389. The van der Waals surface area contributed by atoms with Crippen LogP contribution < -0.4 is 28.4 Å². The van der Waals surface area contributed by atoms with Gasteiger partial charge < -0.3 is 19.0 Å². The number of hydrogen-bond acceptors (Lipinski definition) is 12. The Balaban J connectivity index is 0.848. The Bertz CT molecular complexity index is 3940. The molecule has 14 nitrogen and oxygen atoms in total. The maximum atomic E-state index is 14.5. The smallest absolute Gasteiger partial charge is 0.339 e. The Kier molecular flexibility index (Phi) is 18.4. The van der Waals surface area contributed by atoms with Crippen LogP contribution in [0.3, 0.4) is 0 Å². The highest BCUT2D eigenvalue weighted by atomic mass is 32.2. The molecule has 426 valence electrons. The van der Waals surface area contributed by atoms with Gasteiger partial charge in [-0.2, -0.15) is 16.8 Å². The Morgan fingerprint density at radius 2 is 0.524 bits per heavy atom. The maximum Gasteiger partial charge on any atom is 0.339 e. The lowest BCUT2D eigenvalue weighted by Crippen LogP contribution is -2.38. The lowest BCUT2D eigenvalue weighted by atomic mass is 9.94. The summed E-state index contributed by atoms with van der Waals surface area (Å²) in [6, 6.07) is 76.3. The maximum absolute atomic E-state index is 14.5. The van der Waals surface area contributed by atoms with Crippen molar-refractivity contribution < 1.29 is 42.0 Å². The molecule has 0 fully saturated rings. The van der Waals surface area contributed by atoms with E-state index in [-0.39, 0.29) is 44.2 Å². The lowest BCUT2D eigenvalue weighted by Gasteiger charge is -2.30. The number of nitrogens with one attached hydrogen (secondary N) is 4. The van der Waals surface area contributed by atoms with Crippen molar-refractivity contribution in [2.24, 2.45) is 0 Å². The van der Waals surface area contributed by atoms with E-state index in [1.165, 1.54) is 48.5 Å². The van der Waals surface area contributed by atoms with Crippen molar-refractivity contribution >= 4 is 40.3 Å². The minimum atomic E-state index is -4.21. The summed E-state index contributed by atoms with van der Waals surface area (Å²) in [6.07, 6.45) is 0. The van der Waals surface area contributed by atoms with Crippen LogP contribution >= 0.6 is 0 Å². The van der Waals surface area contributed by atoms with Crippen LogP contribution in [0.25, 0.3) is 11.1 Å². The van der Waals surface area contributed by atoms with Gasteiger partial charge in [-0.05, 0) is 117 Å². The molecule has 0 amide bonds. The predicted octanol–water partition coefficient (Wildman–Crippen LogP) is 12.0. The summed E-state index contributed by atoms with van der Waals surface area (Å²) in [5, 5.41) is 7.09. The topological polar surface area (TPSA) is 203 Å². The zero-order valence-corrected chi connectivity index (χ0v) is 48.3. The van der Waals surface area contributed by atoms with Crippen molar-refractivity contribution in [3.05, 3.63) is 312 Å². The third kappa shape index (κ3) is 14.8. The van der Waals surface area contributed by atoms with Crippen molar-refractivity contribution in [1.29, 1.82) is 0 Å². The Morgan fingerprint density at radius 1 is 0.274 bits per heavy atom. The largest absolute Gasteiger partial charge is 0.379 e. The van der Waals surface area contributed by atoms with Crippen molar-refractivity contribution in [3.8, 4) is 22.6 Å². The van der Waals surface area contributed by atoms with E-state index in [1.807, 2.05) is 121 Å². The molecule has 4 atom stereocenters. The molecule has 0 aliphatic rings. The normalized spacial score (nSPS) is 13.5. The zero-order valence-electron chi connectivity index (χ0n) is 45.0. The molecule has 0 saturated carbocycles. The van der Waals surface area contributed by atoms with Gasteiger partial charge >= 0.3 is 20.2 Å². The molecule has 0 radical (unpaired) electrons. The summed E-state index contributed by atoms with van der Waals surface area (Å²) >= 11 is 0. The van der Waals surface area contributed by atoms with Crippen LogP contribution in [0.4, 0.5) is 0 Å². The highest BCUT2D eigenvalue weighted by Gasteiger charge is 2.32. The zero-order chi connectivity index (χ0) is 58.6. The van der Waals surface area contributed by atoms with Crippen LogP contribution in [-0.2, 0) is 53.4 Å². The number of rotatable bonds is 25. The molecule has 10 rings (SSSR count). The van der Waals surface area contributed by atoms with Crippen molar-refractivity contribution in [2.75, 3.05) is 0 Å². The highest BCUT2D eigenvalue weighted by molar-refractivity contribution is 7.90. The van der Waals surface area contributed by atoms with E-state index in [9.17, 15) is 33.7 Å². The van der Waals surface area contributed by atoms with Gasteiger partial charge in [-0.3, -0.25) is 0 Å². The van der Waals surface area contributed by atoms with Crippen LogP contribution in [0, 0.1) is 0 Å². The first-order valence-electron chi connectivity index (χ1n) is 26.7. The van der Waals surface area contributed by atoms with Gasteiger partial charge in [-0.15, -0.1) is 0 Å². The molecule has 0 aromatic heterocycles. The van der Waals surface area contributed by atoms with Crippen LogP contribution in [-0.4, -0.2) is 33.7 Å². The molecule has 0 bridgehead atoms. The van der Waals surface area contributed by atoms with Gasteiger partial charge in [0.15, 0.2) is 0 Å². The molecule has 0 aliphatic carbocycles. The second-order valence-electron chi connectivity index (χ2n) is 19.6. The Labute approximate surface area is 491 Å². The lowest BCUT2D eigenvalue weighted by molar-refractivity contribution is 0.421. The third-order valence-electron chi connectivity index (χ3n) is 13.9. The van der Waals surface area contributed by atoms with E-state index in [2.05, 4.69) is 20.1 Å². The molecular formula is C66H58N4O10S4. The van der Waals surface area contributed by atoms with Crippen molar-refractivity contribution in [3.63, 3.8) is 0 Å². The monoisotopic (exact) mass is 1190 g/mol. The minimum Gasteiger partial charge on any atom is -0.379 e. The molecule has 84 heavy (non-hydrogen) atoms. The Hall–Kier alpha value is -8.56. The first-order chi connectivity index (χ1) is 40.6. The van der Waals surface area contributed by atoms with Gasteiger partial charge in [0.2, 0.25) is 20.0 Å². The fourth-order valence-electron chi connectivity index (χ4n) is 9.58. The average Bonchev–Trinajstić information content (AvgIpc) is 3.70. The van der Waals surface area contributed by atoms with Crippen LogP contribution in [0.5, 0.6) is 11.5 Å². The molecule has 0 aliphatic heterocycles. The first kappa shape index (κ1) is 58.6.